The summed E-state index contributed by atoms with van der Waals surface area (Å²) < 4.78 is 12.8. The van der Waals surface area contributed by atoms with E-state index in [2.05, 4.69) is 5.32 Å². The topological polar surface area (TPSA) is 91.6 Å². The molecule has 0 fully saturated rings. The summed E-state index contributed by atoms with van der Waals surface area (Å²) in [5.41, 5.74) is 0.516. The lowest BCUT2D eigenvalue weighted by molar-refractivity contribution is -0.121. The van der Waals surface area contributed by atoms with Gasteiger partial charge in [-0.3, -0.25) is 18.7 Å². The molecule has 0 aliphatic carbocycles. The number of hydrogen-bond donors (Lipinski definition) is 1. The molecule has 0 spiro atoms. The Labute approximate surface area is 167 Å². The highest BCUT2D eigenvalue weighted by molar-refractivity contribution is 5.81. The fourth-order valence-corrected chi connectivity index (χ4v) is 3.18. The quantitative estimate of drug-likeness (QED) is 0.644. The summed E-state index contributed by atoms with van der Waals surface area (Å²) in [6.45, 7) is 0.228. The molecule has 1 heterocycles. The lowest BCUT2D eigenvalue weighted by atomic mass is 10.1. The average Bonchev–Trinajstić information content (AvgIpc) is 2.75. The number of rotatable bonds is 7. The predicted molar refractivity (Wildman–Crippen MR) is 110 cm³/mol. The highest BCUT2D eigenvalue weighted by Crippen LogP contribution is 2.27. The van der Waals surface area contributed by atoms with Crippen LogP contribution < -0.4 is 26.0 Å². The van der Waals surface area contributed by atoms with E-state index in [1.165, 1.54) is 11.6 Å². The zero-order valence-electron chi connectivity index (χ0n) is 16.6. The Bertz CT molecular complexity index is 1160. The molecule has 0 bridgehead atoms. The molecule has 0 radical (unpaired) electrons. The number of benzene rings is 2. The molecule has 0 saturated carbocycles. The number of aromatic nitrogens is 2. The zero-order chi connectivity index (χ0) is 21.0. The van der Waals surface area contributed by atoms with E-state index in [0.717, 1.165) is 10.1 Å². The number of hydrogen-bond acceptors (Lipinski definition) is 5. The SMILES string of the molecule is COc1ccc(CCNC(=O)Cn2c(=O)n(C)c(=O)c3ccccc32)cc1OC. The molecule has 0 aliphatic rings. The van der Waals surface area contributed by atoms with E-state index in [-0.39, 0.29) is 18.0 Å². The van der Waals surface area contributed by atoms with Gasteiger partial charge in [-0.15, -0.1) is 0 Å². The standard InChI is InChI=1S/C21H23N3O5/c1-23-20(26)15-6-4-5-7-16(15)24(21(23)27)13-19(25)22-11-10-14-8-9-17(28-2)18(12-14)29-3/h4-9,12H,10-11,13H2,1-3H3,(H,22,25). The van der Waals surface area contributed by atoms with Gasteiger partial charge >= 0.3 is 5.69 Å². The van der Waals surface area contributed by atoms with Gasteiger partial charge in [-0.2, -0.15) is 0 Å². The Morgan fingerprint density at radius 2 is 1.76 bits per heavy atom. The molecule has 3 aromatic rings. The van der Waals surface area contributed by atoms with Crippen LogP contribution in [0.2, 0.25) is 0 Å². The molecule has 152 valence electrons. The fourth-order valence-electron chi connectivity index (χ4n) is 3.18. The third-order valence-electron chi connectivity index (χ3n) is 4.73. The monoisotopic (exact) mass is 397 g/mol. The van der Waals surface area contributed by atoms with Crippen LogP contribution >= 0.6 is 0 Å². The number of methoxy groups -OCH3 is 2. The Kier molecular flexibility index (Phi) is 6.01. The number of carbonyl (C=O) groups is 1. The van der Waals surface area contributed by atoms with Gasteiger partial charge in [0.25, 0.3) is 5.56 Å². The van der Waals surface area contributed by atoms with E-state index in [9.17, 15) is 14.4 Å². The van der Waals surface area contributed by atoms with Crippen LogP contribution in [0.3, 0.4) is 0 Å². The van der Waals surface area contributed by atoms with Crippen LogP contribution in [0.15, 0.2) is 52.1 Å². The molecule has 8 heteroatoms. The van der Waals surface area contributed by atoms with Gasteiger partial charge in [0.2, 0.25) is 5.91 Å². The van der Waals surface area contributed by atoms with Crippen molar-refractivity contribution < 1.29 is 14.3 Å². The van der Waals surface area contributed by atoms with Crippen LogP contribution in [0.5, 0.6) is 11.5 Å². The van der Waals surface area contributed by atoms with Crippen LogP contribution in [0.4, 0.5) is 0 Å². The molecule has 0 saturated heterocycles. The summed E-state index contributed by atoms with van der Waals surface area (Å²) in [6.07, 6.45) is 0.592. The summed E-state index contributed by atoms with van der Waals surface area (Å²) >= 11 is 0. The molecule has 3 rings (SSSR count). The van der Waals surface area contributed by atoms with Crippen molar-refractivity contribution in [1.82, 2.24) is 14.5 Å². The second-order valence-corrected chi connectivity index (χ2v) is 6.54. The normalized spacial score (nSPS) is 10.7. The zero-order valence-corrected chi connectivity index (χ0v) is 16.6. The van der Waals surface area contributed by atoms with Gasteiger partial charge in [0, 0.05) is 13.6 Å². The van der Waals surface area contributed by atoms with Crippen molar-refractivity contribution in [2.75, 3.05) is 20.8 Å². The summed E-state index contributed by atoms with van der Waals surface area (Å²) in [5, 5.41) is 3.21. The molecule has 0 aliphatic heterocycles. The van der Waals surface area contributed by atoms with Gasteiger partial charge in [-0.1, -0.05) is 18.2 Å². The van der Waals surface area contributed by atoms with E-state index in [1.807, 2.05) is 18.2 Å². The van der Waals surface area contributed by atoms with Gasteiger partial charge in [0.1, 0.15) is 6.54 Å². The van der Waals surface area contributed by atoms with E-state index in [1.54, 1.807) is 38.5 Å². The Morgan fingerprint density at radius 3 is 2.48 bits per heavy atom. The first-order chi connectivity index (χ1) is 14.0. The molecule has 0 atom stereocenters. The van der Waals surface area contributed by atoms with Crippen molar-refractivity contribution in [2.24, 2.45) is 7.05 Å². The number of nitrogens with zero attached hydrogens (tertiary/aromatic N) is 2. The van der Waals surface area contributed by atoms with Crippen molar-refractivity contribution in [3.8, 4) is 11.5 Å². The van der Waals surface area contributed by atoms with E-state index >= 15 is 0 Å². The van der Waals surface area contributed by atoms with Crippen LogP contribution in [-0.4, -0.2) is 35.8 Å². The van der Waals surface area contributed by atoms with Gasteiger partial charge in [0.05, 0.1) is 25.1 Å². The molecule has 1 amide bonds. The molecule has 2 aromatic carbocycles. The highest BCUT2D eigenvalue weighted by Gasteiger charge is 2.13. The lowest BCUT2D eigenvalue weighted by Gasteiger charge is -2.12. The first kappa shape index (κ1) is 20.2. The van der Waals surface area contributed by atoms with Gasteiger partial charge in [0.15, 0.2) is 11.5 Å². The summed E-state index contributed by atoms with van der Waals surface area (Å²) in [6, 6.07) is 12.3. The Hall–Kier alpha value is -3.55. The number of fused-ring (bicyclic) bond motifs is 1. The third kappa shape index (κ3) is 4.16. The lowest BCUT2D eigenvalue weighted by Crippen LogP contribution is -2.41. The maximum Gasteiger partial charge on any atom is 0.331 e. The Morgan fingerprint density at radius 1 is 1.03 bits per heavy atom. The fraction of sp³-hybridized carbons (Fsp3) is 0.286. The van der Waals surface area contributed by atoms with E-state index in [4.69, 9.17) is 9.47 Å². The van der Waals surface area contributed by atoms with E-state index in [0.29, 0.717) is 35.4 Å². The number of para-hydroxylation sites is 1. The second kappa shape index (κ2) is 8.64. The first-order valence-electron chi connectivity index (χ1n) is 9.12. The Balaban J connectivity index is 1.71. The van der Waals surface area contributed by atoms with Gasteiger partial charge in [-0.25, -0.2) is 4.79 Å². The van der Waals surface area contributed by atoms with Crippen molar-refractivity contribution >= 4 is 16.8 Å². The van der Waals surface area contributed by atoms with E-state index < -0.39 is 5.69 Å². The smallest absolute Gasteiger partial charge is 0.331 e. The molecular formula is C21H23N3O5. The summed E-state index contributed by atoms with van der Waals surface area (Å²) in [7, 11) is 4.55. The maximum absolute atomic E-state index is 12.5. The van der Waals surface area contributed by atoms with Crippen LogP contribution in [-0.2, 0) is 24.8 Å². The summed E-state index contributed by atoms with van der Waals surface area (Å²) in [4.78, 5) is 37.1. The minimum Gasteiger partial charge on any atom is -0.493 e. The first-order valence-corrected chi connectivity index (χ1v) is 9.12. The molecule has 8 nitrogen and oxygen atoms in total. The van der Waals surface area contributed by atoms with Crippen molar-refractivity contribution in [1.29, 1.82) is 0 Å². The number of amides is 1. The van der Waals surface area contributed by atoms with Crippen LogP contribution in [0.1, 0.15) is 5.56 Å². The minimum absolute atomic E-state index is 0.167. The van der Waals surface area contributed by atoms with Gasteiger partial charge < -0.3 is 14.8 Å². The molecule has 1 aromatic heterocycles. The number of carbonyl (C=O) groups excluding carboxylic acids is 1. The third-order valence-corrected chi connectivity index (χ3v) is 4.73. The second-order valence-electron chi connectivity index (χ2n) is 6.54. The maximum atomic E-state index is 12.5. The average molecular weight is 397 g/mol. The molecular weight excluding hydrogens is 374 g/mol. The van der Waals surface area contributed by atoms with Crippen LogP contribution in [0, 0.1) is 0 Å². The predicted octanol–water partition coefficient (Wildman–Crippen LogP) is 1.08. The highest BCUT2D eigenvalue weighted by atomic mass is 16.5. The number of nitrogens with one attached hydrogen (secondary N) is 1. The largest absolute Gasteiger partial charge is 0.493 e. The van der Waals surface area contributed by atoms with Crippen molar-refractivity contribution in [2.45, 2.75) is 13.0 Å². The molecule has 0 unspecified atom stereocenters. The van der Waals surface area contributed by atoms with Crippen molar-refractivity contribution in [3.63, 3.8) is 0 Å². The van der Waals surface area contributed by atoms with Crippen molar-refractivity contribution in [3.05, 3.63) is 68.9 Å². The molecule has 29 heavy (non-hydrogen) atoms. The number of ether oxygens (including phenoxy) is 2. The van der Waals surface area contributed by atoms with Crippen LogP contribution in [0.25, 0.3) is 10.9 Å². The minimum atomic E-state index is -0.524. The molecule has 1 N–H and O–H groups in total. The van der Waals surface area contributed by atoms with Gasteiger partial charge in [-0.05, 0) is 36.2 Å². The summed E-state index contributed by atoms with van der Waals surface area (Å²) in [5.74, 6) is 0.956.